The van der Waals surface area contributed by atoms with E-state index in [9.17, 15) is 29.1 Å². The molecule has 0 rings (SSSR count). The van der Waals surface area contributed by atoms with Gasteiger partial charge >= 0.3 is 5.97 Å². The summed E-state index contributed by atoms with van der Waals surface area (Å²) in [5.41, 5.74) is 16.0. The van der Waals surface area contributed by atoms with Gasteiger partial charge in [0.15, 0.2) is 0 Å². The van der Waals surface area contributed by atoms with E-state index in [1.165, 1.54) is 11.8 Å². The first-order valence-corrected chi connectivity index (χ1v) is 11.9. The fraction of sp³-hybridized carbons (Fsp3) is 0.737. The standard InChI is InChI=1S/C19H36N6O7S/c1-33-9-7-13(18(30)25-14(19(31)32)5-6-15(22)27)24-17(29)12(4-2-3-8-20)23-16(28)11(21)10-26/h11-14,26H,2-10,20-21H2,1H3,(H2,22,27)(H,23,28)(H,24,29)(H,25,30)(H,31,32). The van der Waals surface area contributed by atoms with Crippen LogP contribution in [0.3, 0.4) is 0 Å². The van der Waals surface area contributed by atoms with Gasteiger partial charge in [0.05, 0.1) is 6.61 Å². The van der Waals surface area contributed by atoms with Crippen LogP contribution in [-0.4, -0.2) is 89.1 Å². The summed E-state index contributed by atoms with van der Waals surface area (Å²) in [6.45, 7) is -0.220. The summed E-state index contributed by atoms with van der Waals surface area (Å²) in [5, 5.41) is 25.7. The van der Waals surface area contributed by atoms with Gasteiger partial charge in [-0.15, -0.1) is 0 Å². The van der Waals surface area contributed by atoms with Crippen LogP contribution in [0, 0.1) is 0 Å². The number of primary amides is 1. The number of carbonyl (C=O) groups excluding carboxylic acids is 4. The van der Waals surface area contributed by atoms with E-state index >= 15 is 0 Å². The van der Waals surface area contributed by atoms with Crippen LogP contribution in [0.2, 0.25) is 0 Å². The number of unbranched alkanes of at least 4 members (excludes halogenated alkanes) is 1. The normalized spacial score (nSPS) is 14.4. The van der Waals surface area contributed by atoms with Crippen molar-refractivity contribution in [1.29, 1.82) is 0 Å². The van der Waals surface area contributed by atoms with Gasteiger partial charge in [-0.25, -0.2) is 4.79 Å². The van der Waals surface area contributed by atoms with Crippen molar-refractivity contribution >= 4 is 41.4 Å². The van der Waals surface area contributed by atoms with E-state index in [-0.39, 0.29) is 25.7 Å². The zero-order valence-electron chi connectivity index (χ0n) is 18.7. The summed E-state index contributed by atoms with van der Waals surface area (Å²) in [6.07, 6.45) is 2.90. The Morgan fingerprint density at radius 2 is 1.42 bits per heavy atom. The van der Waals surface area contributed by atoms with Crippen molar-refractivity contribution in [3.05, 3.63) is 0 Å². The molecule has 0 fully saturated rings. The number of carboxylic acid groups (broad SMARTS) is 1. The Kier molecular flexibility index (Phi) is 15.9. The number of nitrogens with one attached hydrogen (secondary N) is 3. The zero-order chi connectivity index (χ0) is 25.4. The second-order valence-electron chi connectivity index (χ2n) is 7.38. The SMILES string of the molecule is CSCCC(NC(=O)C(CCCCN)NC(=O)C(N)CO)C(=O)NC(CCC(N)=O)C(=O)O. The van der Waals surface area contributed by atoms with E-state index in [0.717, 1.165) is 0 Å². The number of amides is 4. The maximum absolute atomic E-state index is 12.9. The van der Waals surface area contributed by atoms with Crippen LogP contribution in [0.25, 0.3) is 0 Å². The minimum atomic E-state index is -1.36. The van der Waals surface area contributed by atoms with E-state index in [2.05, 4.69) is 16.0 Å². The molecular formula is C19H36N6O7S. The van der Waals surface area contributed by atoms with Crippen molar-refractivity contribution in [2.75, 3.05) is 25.2 Å². The molecule has 11 N–H and O–H groups in total. The molecule has 190 valence electrons. The fourth-order valence-corrected chi connectivity index (χ4v) is 3.19. The van der Waals surface area contributed by atoms with Crippen LogP contribution in [0.4, 0.5) is 0 Å². The Morgan fingerprint density at radius 1 is 0.879 bits per heavy atom. The topological polar surface area (TPSA) is 240 Å². The number of aliphatic hydroxyl groups is 1. The Hall–Kier alpha value is -2.42. The Bertz CT molecular complexity index is 667. The molecule has 4 amide bonds. The quantitative estimate of drug-likeness (QED) is 0.0901. The van der Waals surface area contributed by atoms with Gasteiger partial charge in [-0.2, -0.15) is 11.8 Å². The number of hydrogen-bond acceptors (Lipinski definition) is 9. The van der Waals surface area contributed by atoms with E-state index in [0.29, 0.717) is 25.1 Å². The smallest absolute Gasteiger partial charge is 0.326 e. The molecule has 0 radical (unpaired) electrons. The molecule has 0 spiro atoms. The molecule has 33 heavy (non-hydrogen) atoms. The van der Waals surface area contributed by atoms with Gasteiger partial charge in [-0.1, -0.05) is 0 Å². The van der Waals surface area contributed by atoms with Gasteiger partial charge in [-0.3, -0.25) is 19.2 Å². The average Bonchev–Trinajstić information content (AvgIpc) is 2.77. The second-order valence-corrected chi connectivity index (χ2v) is 8.37. The number of rotatable bonds is 18. The van der Waals surface area contributed by atoms with Crippen LogP contribution >= 0.6 is 11.8 Å². The lowest BCUT2D eigenvalue weighted by Gasteiger charge is -2.25. The number of carbonyl (C=O) groups is 5. The Balaban J connectivity index is 5.40. The highest BCUT2D eigenvalue weighted by molar-refractivity contribution is 7.98. The summed E-state index contributed by atoms with van der Waals surface area (Å²) in [4.78, 5) is 60.1. The molecule has 0 aromatic carbocycles. The van der Waals surface area contributed by atoms with Gasteiger partial charge in [0.25, 0.3) is 0 Å². The lowest BCUT2D eigenvalue weighted by atomic mass is 10.1. The lowest BCUT2D eigenvalue weighted by molar-refractivity contribution is -0.142. The van der Waals surface area contributed by atoms with Crippen LogP contribution in [0.5, 0.6) is 0 Å². The number of nitrogens with two attached hydrogens (primary N) is 3. The van der Waals surface area contributed by atoms with Crippen molar-refractivity contribution in [3.8, 4) is 0 Å². The highest BCUT2D eigenvalue weighted by atomic mass is 32.2. The van der Waals surface area contributed by atoms with Gasteiger partial charge in [0, 0.05) is 6.42 Å². The zero-order valence-corrected chi connectivity index (χ0v) is 19.6. The van der Waals surface area contributed by atoms with Crippen molar-refractivity contribution in [2.45, 2.75) is 62.7 Å². The highest BCUT2D eigenvalue weighted by Gasteiger charge is 2.30. The number of aliphatic hydroxyl groups excluding tert-OH is 1. The summed E-state index contributed by atoms with van der Waals surface area (Å²) in [6, 6.07) is -4.69. The van der Waals surface area contributed by atoms with E-state index in [1.807, 2.05) is 0 Å². The number of thioether (sulfide) groups is 1. The molecule has 0 saturated carbocycles. The molecule has 0 aromatic heterocycles. The van der Waals surface area contributed by atoms with Gasteiger partial charge < -0.3 is 43.4 Å². The maximum atomic E-state index is 12.9. The molecular weight excluding hydrogens is 456 g/mol. The first kappa shape index (κ1) is 30.6. The summed E-state index contributed by atoms with van der Waals surface area (Å²) in [7, 11) is 0. The third kappa shape index (κ3) is 13.0. The Labute approximate surface area is 196 Å². The molecule has 4 atom stereocenters. The lowest BCUT2D eigenvalue weighted by Crippen LogP contribution is -2.57. The number of aliphatic carboxylic acids is 1. The summed E-state index contributed by atoms with van der Waals surface area (Å²) >= 11 is 1.42. The van der Waals surface area contributed by atoms with E-state index in [1.54, 1.807) is 6.26 Å². The van der Waals surface area contributed by atoms with E-state index < -0.39 is 60.4 Å². The Morgan fingerprint density at radius 3 is 1.91 bits per heavy atom. The summed E-state index contributed by atoms with van der Waals surface area (Å²) in [5.74, 6) is -3.70. The van der Waals surface area contributed by atoms with Crippen molar-refractivity contribution in [3.63, 3.8) is 0 Å². The maximum Gasteiger partial charge on any atom is 0.326 e. The molecule has 0 aliphatic heterocycles. The van der Waals surface area contributed by atoms with Crippen LogP contribution in [0.1, 0.15) is 38.5 Å². The molecule has 0 aliphatic rings. The predicted octanol–water partition coefficient (Wildman–Crippen LogP) is -3.01. The van der Waals surface area contributed by atoms with Crippen molar-refractivity contribution < 1.29 is 34.2 Å². The molecule has 0 aromatic rings. The molecule has 14 heteroatoms. The average molecular weight is 493 g/mol. The van der Waals surface area contributed by atoms with Crippen LogP contribution < -0.4 is 33.2 Å². The van der Waals surface area contributed by atoms with Crippen molar-refractivity contribution in [2.24, 2.45) is 17.2 Å². The van der Waals surface area contributed by atoms with Gasteiger partial charge in [0.2, 0.25) is 23.6 Å². The third-order valence-corrected chi connectivity index (χ3v) is 5.29. The molecule has 0 aliphatic carbocycles. The molecule has 0 saturated heterocycles. The second kappa shape index (κ2) is 17.1. The fourth-order valence-electron chi connectivity index (χ4n) is 2.72. The monoisotopic (exact) mass is 492 g/mol. The minimum absolute atomic E-state index is 0.195. The number of hydrogen-bond donors (Lipinski definition) is 8. The van der Waals surface area contributed by atoms with Crippen LogP contribution in [-0.2, 0) is 24.0 Å². The number of carboxylic acids is 1. The minimum Gasteiger partial charge on any atom is -0.480 e. The highest BCUT2D eigenvalue weighted by Crippen LogP contribution is 2.07. The van der Waals surface area contributed by atoms with Gasteiger partial charge in [0.1, 0.15) is 24.2 Å². The first-order valence-electron chi connectivity index (χ1n) is 10.5. The molecule has 0 heterocycles. The first-order chi connectivity index (χ1) is 15.6. The molecule has 13 nitrogen and oxygen atoms in total. The summed E-state index contributed by atoms with van der Waals surface area (Å²) < 4.78 is 0. The largest absolute Gasteiger partial charge is 0.480 e. The molecule has 0 bridgehead atoms. The van der Waals surface area contributed by atoms with Crippen LogP contribution in [0.15, 0.2) is 0 Å². The van der Waals surface area contributed by atoms with Gasteiger partial charge in [-0.05, 0) is 50.7 Å². The predicted molar refractivity (Wildman–Crippen MR) is 123 cm³/mol. The third-order valence-electron chi connectivity index (χ3n) is 4.65. The van der Waals surface area contributed by atoms with Crippen molar-refractivity contribution in [1.82, 2.24) is 16.0 Å². The molecule has 4 unspecified atom stereocenters. The van der Waals surface area contributed by atoms with E-state index in [4.69, 9.17) is 22.3 Å².